The number of para-hydroxylation sites is 1. The average Bonchev–Trinajstić information content (AvgIpc) is 2.88. The second kappa shape index (κ2) is 5.51. The molecular weight excluding hydrogens is 228 g/mol. The molecule has 0 saturated carbocycles. The summed E-state index contributed by atoms with van der Waals surface area (Å²) in [7, 11) is 0. The number of anilines is 1. The molecule has 4 heteroatoms. The maximum absolute atomic E-state index is 12.0. The van der Waals surface area contributed by atoms with Crippen LogP contribution in [0.5, 0.6) is 0 Å². The van der Waals surface area contributed by atoms with Gasteiger partial charge in [-0.3, -0.25) is 4.79 Å². The highest BCUT2D eigenvalue weighted by atomic mass is 16.3. The fourth-order valence-electron chi connectivity index (χ4n) is 1.69. The van der Waals surface area contributed by atoms with E-state index in [4.69, 9.17) is 10.2 Å². The van der Waals surface area contributed by atoms with Gasteiger partial charge >= 0.3 is 0 Å². The highest BCUT2D eigenvalue weighted by molar-refractivity contribution is 6.02. The lowest BCUT2D eigenvalue weighted by molar-refractivity contribution is 0.0995. The van der Waals surface area contributed by atoms with E-state index >= 15 is 0 Å². The third-order valence-corrected chi connectivity index (χ3v) is 2.72. The molecule has 0 saturated heterocycles. The van der Waals surface area contributed by atoms with E-state index in [9.17, 15) is 4.79 Å². The van der Waals surface area contributed by atoms with Crippen molar-refractivity contribution in [2.75, 3.05) is 5.32 Å². The molecular formula is C14H16N2O2. The van der Waals surface area contributed by atoms with Gasteiger partial charge in [0.15, 0.2) is 5.76 Å². The third-order valence-electron chi connectivity index (χ3n) is 2.72. The summed E-state index contributed by atoms with van der Waals surface area (Å²) in [5.41, 5.74) is 7.23. The van der Waals surface area contributed by atoms with Crippen molar-refractivity contribution in [2.24, 2.45) is 5.73 Å². The second-order valence-electron chi connectivity index (χ2n) is 3.93. The zero-order valence-corrected chi connectivity index (χ0v) is 10.3. The van der Waals surface area contributed by atoms with Crippen LogP contribution in [0.3, 0.4) is 0 Å². The lowest BCUT2D eigenvalue weighted by atomic mass is 10.2. The predicted molar refractivity (Wildman–Crippen MR) is 70.4 cm³/mol. The molecule has 0 bridgehead atoms. The number of carbonyl (C=O) groups excluding carboxylic acids is 1. The Morgan fingerprint density at radius 2 is 2.06 bits per heavy atom. The largest absolute Gasteiger partial charge is 0.456 e. The monoisotopic (exact) mass is 244 g/mol. The van der Waals surface area contributed by atoms with Crippen LogP contribution in [-0.2, 0) is 13.0 Å². The first kappa shape index (κ1) is 12.4. The van der Waals surface area contributed by atoms with Gasteiger partial charge in [-0.2, -0.15) is 0 Å². The number of hydrogen-bond donors (Lipinski definition) is 2. The minimum atomic E-state index is -0.254. The minimum absolute atomic E-state index is 0.254. The lowest BCUT2D eigenvalue weighted by Gasteiger charge is -2.07. The third kappa shape index (κ3) is 2.60. The van der Waals surface area contributed by atoms with Crippen LogP contribution < -0.4 is 11.1 Å². The van der Waals surface area contributed by atoms with E-state index in [0.717, 1.165) is 23.4 Å². The highest BCUT2D eigenvalue weighted by Crippen LogP contribution is 2.16. The minimum Gasteiger partial charge on any atom is -0.456 e. The summed E-state index contributed by atoms with van der Waals surface area (Å²) in [5.74, 6) is 0.863. The Morgan fingerprint density at radius 1 is 1.28 bits per heavy atom. The number of hydrogen-bond acceptors (Lipinski definition) is 3. The molecule has 2 aromatic rings. The van der Waals surface area contributed by atoms with Crippen molar-refractivity contribution in [3.63, 3.8) is 0 Å². The first-order valence-corrected chi connectivity index (χ1v) is 5.92. The smallest absolute Gasteiger partial charge is 0.291 e. The Kier molecular flexibility index (Phi) is 3.79. The van der Waals surface area contributed by atoms with E-state index in [2.05, 4.69) is 5.32 Å². The number of aryl methyl sites for hydroxylation is 1. The number of rotatable bonds is 4. The molecule has 1 amide bonds. The molecule has 18 heavy (non-hydrogen) atoms. The van der Waals surface area contributed by atoms with Crippen molar-refractivity contribution in [1.82, 2.24) is 0 Å². The van der Waals surface area contributed by atoms with Crippen LogP contribution in [-0.4, -0.2) is 5.91 Å². The van der Waals surface area contributed by atoms with Crippen molar-refractivity contribution in [2.45, 2.75) is 19.9 Å². The maximum Gasteiger partial charge on any atom is 0.291 e. The van der Waals surface area contributed by atoms with Crippen LogP contribution in [0, 0.1) is 0 Å². The molecule has 1 heterocycles. The van der Waals surface area contributed by atoms with Crippen molar-refractivity contribution in [3.8, 4) is 0 Å². The van der Waals surface area contributed by atoms with Crippen molar-refractivity contribution < 1.29 is 9.21 Å². The molecule has 0 aliphatic heterocycles. The number of nitrogens with one attached hydrogen (secondary N) is 1. The topological polar surface area (TPSA) is 68.3 Å². The van der Waals surface area contributed by atoms with E-state index in [1.54, 1.807) is 6.07 Å². The van der Waals surface area contributed by atoms with Gasteiger partial charge in [-0.05, 0) is 23.8 Å². The molecule has 1 aromatic heterocycles. The molecule has 0 atom stereocenters. The zero-order chi connectivity index (χ0) is 13.0. The summed E-state index contributed by atoms with van der Waals surface area (Å²) < 4.78 is 5.40. The summed E-state index contributed by atoms with van der Waals surface area (Å²) >= 11 is 0. The van der Waals surface area contributed by atoms with Crippen LogP contribution >= 0.6 is 0 Å². The Labute approximate surface area is 106 Å². The van der Waals surface area contributed by atoms with Crippen molar-refractivity contribution >= 4 is 11.6 Å². The Hall–Kier alpha value is -2.07. The summed E-state index contributed by atoms with van der Waals surface area (Å²) in [6.07, 6.45) is 0.771. The lowest BCUT2D eigenvalue weighted by Crippen LogP contribution is -2.13. The quantitative estimate of drug-likeness (QED) is 0.868. The molecule has 3 N–H and O–H groups in total. The van der Waals surface area contributed by atoms with E-state index in [1.165, 1.54) is 0 Å². The fourth-order valence-corrected chi connectivity index (χ4v) is 1.69. The maximum atomic E-state index is 12.0. The van der Waals surface area contributed by atoms with Gasteiger partial charge in [0, 0.05) is 18.7 Å². The van der Waals surface area contributed by atoms with E-state index in [1.807, 2.05) is 37.3 Å². The number of nitrogens with two attached hydrogens (primary N) is 1. The van der Waals surface area contributed by atoms with Gasteiger partial charge in [-0.15, -0.1) is 0 Å². The summed E-state index contributed by atoms with van der Waals surface area (Å²) in [6.45, 7) is 2.36. The summed E-state index contributed by atoms with van der Waals surface area (Å²) in [5, 5.41) is 2.80. The van der Waals surface area contributed by atoms with Crippen LogP contribution in [0.25, 0.3) is 0 Å². The van der Waals surface area contributed by atoms with Crippen LogP contribution in [0.1, 0.15) is 28.8 Å². The van der Waals surface area contributed by atoms with Crippen LogP contribution in [0.4, 0.5) is 5.69 Å². The summed E-state index contributed by atoms with van der Waals surface area (Å²) in [4.78, 5) is 12.0. The molecule has 0 radical (unpaired) electrons. The first-order chi connectivity index (χ1) is 8.74. The van der Waals surface area contributed by atoms with Crippen LogP contribution in [0.2, 0.25) is 0 Å². The standard InChI is InChI=1S/C14H16N2O2/c1-2-11-7-8-13(18-11)14(17)16-12-6-4-3-5-10(12)9-15/h3-8H,2,9,15H2,1H3,(H,16,17). The number of furan rings is 1. The van der Waals surface area contributed by atoms with Crippen molar-refractivity contribution in [3.05, 3.63) is 53.5 Å². The Morgan fingerprint density at radius 3 is 2.72 bits per heavy atom. The Bertz CT molecular complexity index is 546. The molecule has 2 rings (SSSR count). The SMILES string of the molecule is CCc1ccc(C(=O)Nc2ccccc2CN)o1. The van der Waals surface area contributed by atoms with Crippen LogP contribution in [0.15, 0.2) is 40.8 Å². The van der Waals surface area contributed by atoms with E-state index in [-0.39, 0.29) is 5.91 Å². The molecule has 0 fully saturated rings. The normalized spacial score (nSPS) is 10.3. The Balaban J connectivity index is 2.16. The van der Waals surface area contributed by atoms with Gasteiger partial charge in [-0.25, -0.2) is 0 Å². The molecule has 94 valence electrons. The van der Waals surface area contributed by atoms with Gasteiger partial charge in [0.05, 0.1) is 0 Å². The average molecular weight is 244 g/mol. The highest BCUT2D eigenvalue weighted by Gasteiger charge is 2.12. The number of carbonyl (C=O) groups is 1. The number of benzene rings is 1. The number of amides is 1. The van der Waals surface area contributed by atoms with Gasteiger partial charge in [0.2, 0.25) is 0 Å². The molecule has 0 aliphatic carbocycles. The van der Waals surface area contributed by atoms with Gasteiger partial charge in [0.25, 0.3) is 5.91 Å². The molecule has 0 spiro atoms. The summed E-state index contributed by atoms with van der Waals surface area (Å²) in [6, 6.07) is 10.9. The van der Waals surface area contributed by atoms with E-state index < -0.39 is 0 Å². The predicted octanol–water partition coefficient (Wildman–Crippen LogP) is 2.55. The molecule has 1 aromatic carbocycles. The van der Waals surface area contributed by atoms with E-state index in [0.29, 0.717) is 12.3 Å². The van der Waals surface area contributed by atoms with Gasteiger partial charge in [0.1, 0.15) is 5.76 Å². The zero-order valence-electron chi connectivity index (χ0n) is 10.3. The molecule has 0 aliphatic rings. The van der Waals surface area contributed by atoms with Crippen molar-refractivity contribution in [1.29, 1.82) is 0 Å². The fraction of sp³-hybridized carbons (Fsp3) is 0.214. The second-order valence-corrected chi connectivity index (χ2v) is 3.93. The van der Waals surface area contributed by atoms with Gasteiger partial charge in [-0.1, -0.05) is 25.1 Å². The molecule has 0 unspecified atom stereocenters. The molecule has 4 nitrogen and oxygen atoms in total. The first-order valence-electron chi connectivity index (χ1n) is 5.92. The van der Waals surface area contributed by atoms with Gasteiger partial charge < -0.3 is 15.5 Å².